The minimum Gasteiger partial charge on any atom is -0.490 e. The summed E-state index contributed by atoms with van der Waals surface area (Å²) in [4.78, 5) is 4.45. The number of aliphatic hydroxyl groups is 1. The largest absolute Gasteiger partial charge is 0.490 e. The number of nitrogens with zero attached hydrogens (tertiary/aromatic N) is 2. The number of fused-ring (bicyclic) bond motifs is 1. The molecule has 1 aliphatic heterocycles. The number of hydrogen-bond donors (Lipinski definition) is 1. The van der Waals surface area contributed by atoms with Gasteiger partial charge in [0.15, 0.2) is 11.5 Å². The van der Waals surface area contributed by atoms with Gasteiger partial charge in [0.1, 0.15) is 10.4 Å². The number of ether oxygens (including phenoxy) is 2. The van der Waals surface area contributed by atoms with Crippen LogP contribution in [0.15, 0.2) is 22.8 Å². The quantitative estimate of drug-likeness (QED) is 0.913. The lowest BCUT2D eigenvalue weighted by atomic mass is 10.2. The first-order valence-electron chi connectivity index (χ1n) is 6.42. The van der Waals surface area contributed by atoms with Crippen LogP contribution in [0.4, 0.5) is 0 Å². The van der Waals surface area contributed by atoms with Crippen molar-refractivity contribution in [1.82, 2.24) is 9.55 Å². The molecule has 0 bridgehead atoms. The van der Waals surface area contributed by atoms with Crippen molar-refractivity contribution in [3.8, 4) is 22.9 Å². The summed E-state index contributed by atoms with van der Waals surface area (Å²) >= 11 is 3.36. The maximum Gasteiger partial charge on any atom is 0.161 e. The summed E-state index contributed by atoms with van der Waals surface area (Å²) in [6, 6.07) is 5.78. The Kier molecular flexibility index (Phi) is 3.67. The predicted molar refractivity (Wildman–Crippen MR) is 77.9 cm³/mol. The van der Waals surface area contributed by atoms with Gasteiger partial charge in [0.25, 0.3) is 0 Å². The molecule has 106 valence electrons. The number of benzene rings is 1. The van der Waals surface area contributed by atoms with Crippen LogP contribution in [0.25, 0.3) is 11.4 Å². The molecular formula is C14H15BrN2O3. The zero-order chi connectivity index (χ0) is 14.1. The van der Waals surface area contributed by atoms with Crippen molar-refractivity contribution in [2.75, 3.05) is 13.2 Å². The average molecular weight is 339 g/mol. The summed E-state index contributed by atoms with van der Waals surface area (Å²) in [6.07, 6.45) is 0.882. The molecule has 1 N–H and O–H groups in total. The van der Waals surface area contributed by atoms with Crippen molar-refractivity contribution >= 4 is 15.9 Å². The zero-order valence-corrected chi connectivity index (χ0v) is 12.7. The first-order valence-corrected chi connectivity index (χ1v) is 7.22. The van der Waals surface area contributed by atoms with Gasteiger partial charge >= 0.3 is 0 Å². The third-order valence-electron chi connectivity index (χ3n) is 3.32. The Bertz CT molecular complexity index is 640. The topological polar surface area (TPSA) is 56.5 Å². The van der Waals surface area contributed by atoms with Crippen molar-refractivity contribution in [1.29, 1.82) is 0 Å². The van der Waals surface area contributed by atoms with Crippen molar-refractivity contribution in [2.24, 2.45) is 7.05 Å². The second-order valence-corrected chi connectivity index (χ2v) is 5.35. The lowest BCUT2D eigenvalue weighted by Crippen LogP contribution is -1.99. The molecule has 1 aromatic heterocycles. The number of imidazole rings is 1. The molecule has 0 saturated heterocycles. The van der Waals surface area contributed by atoms with Gasteiger partial charge < -0.3 is 19.1 Å². The van der Waals surface area contributed by atoms with Gasteiger partial charge in [-0.3, -0.25) is 0 Å². The average Bonchev–Trinajstić information content (AvgIpc) is 2.64. The van der Waals surface area contributed by atoms with Crippen molar-refractivity contribution in [3.05, 3.63) is 28.5 Å². The minimum absolute atomic E-state index is 0.0609. The van der Waals surface area contributed by atoms with Gasteiger partial charge in [0, 0.05) is 19.0 Å². The van der Waals surface area contributed by atoms with Gasteiger partial charge in [-0.05, 0) is 34.1 Å². The summed E-state index contributed by atoms with van der Waals surface area (Å²) in [7, 11) is 1.88. The van der Waals surface area contributed by atoms with E-state index in [-0.39, 0.29) is 6.61 Å². The standard InChI is InChI=1S/C14H15BrN2O3/c1-17-10(8-18)13(15)16-14(17)9-3-4-11-12(7-9)20-6-2-5-19-11/h3-4,7,18H,2,5-6,8H2,1H3. The smallest absolute Gasteiger partial charge is 0.161 e. The van der Waals surface area contributed by atoms with Crippen LogP contribution in [-0.2, 0) is 13.7 Å². The molecule has 0 amide bonds. The number of hydrogen-bond acceptors (Lipinski definition) is 4. The molecule has 0 unspecified atom stereocenters. The highest BCUT2D eigenvalue weighted by Crippen LogP contribution is 2.34. The van der Waals surface area contributed by atoms with Gasteiger partial charge in [-0.25, -0.2) is 4.98 Å². The summed E-state index contributed by atoms with van der Waals surface area (Å²) in [6.45, 7) is 1.27. The molecule has 1 aliphatic rings. The molecule has 0 spiro atoms. The van der Waals surface area contributed by atoms with E-state index in [9.17, 15) is 5.11 Å². The SMILES string of the molecule is Cn1c(-c2ccc3c(c2)OCCCO3)nc(Br)c1CO. The monoisotopic (exact) mass is 338 g/mol. The molecular weight excluding hydrogens is 324 g/mol. The maximum absolute atomic E-state index is 9.35. The molecule has 0 aliphatic carbocycles. The van der Waals surface area contributed by atoms with Crippen molar-refractivity contribution in [3.63, 3.8) is 0 Å². The van der Waals surface area contributed by atoms with Gasteiger partial charge in [-0.1, -0.05) is 0 Å². The van der Waals surface area contributed by atoms with Crippen LogP contribution in [0.3, 0.4) is 0 Å². The molecule has 5 nitrogen and oxygen atoms in total. The fraction of sp³-hybridized carbons (Fsp3) is 0.357. The Balaban J connectivity index is 2.05. The van der Waals surface area contributed by atoms with Crippen LogP contribution in [-0.4, -0.2) is 27.9 Å². The summed E-state index contributed by atoms with van der Waals surface area (Å²) in [5.74, 6) is 2.28. The van der Waals surface area contributed by atoms with Gasteiger partial charge in [0.2, 0.25) is 0 Å². The van der Waals surface area contributed by atoms with Crippen LogP contribution in [0.1, 0.15) is 12.1 Å². The molecule has 0 atom stereocenters. The molecule has 0 saturated carbocycles. The highest BCUT2D eigenvalue weighted by Gasteiger charge is 2.16. The Morgan fingerprint density at radius 1 is 1.30 bits per heavy atom. The van der Waals surface area contributed by atoms with Crippen LogP contribution in [0.5, 0.6) is 11.5 Å². The molecule has 6 heteroatoms. The molecule has 3 rings (SSSR count). The maximum atomic E-state index is 9.35. The van der Waals surface area contributed by atoms with E-state index in [1.807, 2.05) is 29.8 Å². The molecule has 20 heavy (non-hydrogen) atoms. The van der Waals surface area contributed by atoms with Crippen LogP contribution >= 0.6 is 15.9 Å². The van der Waals surface area contributed by atoms with E-state index >= 15 is 0 Å². The number of aliphatic hydroxyl groups excluding tert-OH is 1. The molecule has 1 aromatic carbocycles. The normalized spacial score (nSPS) is 14.2. The van der Waals surface area contributed by atoms with Crippen LogP contribution in [0.2, 0.25) is 0 Å². The second kappa shape index (κ2) is 5.46. The third-order valence-corrected chi connectivity index (χ3v) is 3.96. The van der Waals surface area contributed by atoms with E-state index in [1.165, 1.54) is 0 Å². The molecule has 0 radical (unpaired) electrons. The Hall–Kier alpha value is -1.53. The fourth-order valence-corrected chi connectivity index (χ4v) is 2.79. The van der Waals surface area contributed by atoms with Gasteiger partial charge in [-0.15, -0.1) is 0 Å². The first-order chi connectivity index (χ1) is 9.70. The highest BCUT2D eigenvalue weighted by atomic mass is 79.9. The van der Waals surface area contributed by atoms with E-state index in [0.29, 0.717) is 17.8 Å². The highest BCUT2D eigenvalue weighted by molar-refractivity contribution is 9.10. The lowest BCUT2D eigenvalue weighted by Gasteiger charge is -2.09. The van der Waals surface area contributed by atoms with E-state index in [4.69, 9.17) is 9.47 Å². The van der Waals surface area contributed by atoms with Crippen molar-refractivity contribution in [2.45, 2.75) is 13.0 Å². The summed E-state index contributed by atoms with van der Waals surface area (Å²) in [5.41, 5.74) is 1.67. The van der Waals surface area contributed by atoms with Crippen LogP contribution in [0, 0.1) is 0 Å². The van der Waals surface area contributed by atoms with Gasteiger partial charge in [0.05, 0.1) is 25.5 Å². The fourth-order valence-electron chi connectivity index (χ4n) is 2.23. The summed E-state index contributed by atoms with van der Waals surface area (Å²) in [5, 5.41) is 9.35. The summed E-state index contributed by atoms with van der Waals surface area (Å²) < 4.78 is 13.8. The first kappa shape index (κ1) is 13.5. The van der Waals surface area contributed by atoms with E-state index < -0.39 is 0 Å². The van der Waals surface area contributed by atoms with E-state index in [1.54, 1.807) is 0 Å². The zero-order valence-electron chi connectivity index (χ0n) is 11.1. The predicted octanol–water partition coefficient (Wildman–Crippen LogP) is 2.50. The Morgan fingerprint density at radius 2 is 2.05 bits per heavy atom. The Morgan fingerprint density at radius 3 is 2.75 bits per heavy atom. The van der Waals surface area contributed by atoms with Crippen LogP contribution < -0.4 is 9.47 Å². The molecule has 2 heterocycles. The third kappa shape index (κ3) is 2.29. The molecule has 0 fully saturated rings. The van der Waals surface area contributed by atoms with E-state index in [2.05, 4.69) is 20.9 Å². The number of aromatic nitrogens is 2. The Labute approximate surface area is 125 Å². The molecule has 2 aromatic rings. The minimum atomic E-state index is -0.0609. The number of halogens is 1. The second-order valence-electron chi connectivity index (χ2n) is 4.60. The number of rotatable bonds is 2. The van der Waals surface area contributed by atoms with Crippen molar-refractivity contribution < 1.29 is 14.6 Å². The van der Waals surface area contributed by atoms with Gasteiger partial charge in [-0.2, -0.15) is 0 Å². The lowest BCUT2D eigenvalue weighted by molar-refractivity contribution is 0.272. The van der Waals surface area contributed by atoms with E-state index in [0.717, 1.165) is 35.0 Å².